The highest BCUT2D eigenvalue weighted by Crippen LogP contribution is 2.32. The van der Waals surface area contributed by atoms with Crippen LogP contribution in [0.2, 0.25) is 0 Å². The highest BCUT2D eigenvalue weighted by molar-refractivity contribution is 5.09. The Kier molecular flexibility index (Phi) is 3.28. The topological polar surface area (TPSA) is 45.1 Å². The van der Waals surface area contributed by atoms with Gasteiger partial charge in [0.25, 0.3) is 0 Å². The minimum atomic E-state index is -0.322. The fourth-order valence-corrected chi connectivity index (χ4v) is 1.56. The predicted octanol–water partition coefficient (Wildman–Crippen LogP) is 1.08. The van der Waals surface area contributed by atoms with Gasteiger partial charge in [-0.2, -0.15) is 0 Å². The summed E-state index contributed by atoms with van der Waals surface area (Å²) in [6.45, 7) is 1.12. The fraction of sp³-hybridized carbons (Fsp3) is 0.545. The maximum atomic E-state index is 12.8. The lowest BCUT2D eigenvalue weighted by Crippen LogP contribution is -2.27. The number of aromatic nitrogens is 1. The maximum Gasteiger partial charge on any atom is 0.141 e. The molecule has 0 spiro atoms. The molecule has 4 heteroatoms. The third-order valence-corrected chi connectivity index (χ3v) is 2.61. The zero-order valence-electron chi connectivity index (χ0n) is 8.49. The largest absolute Gasteiger partial charge is 0.392 e. The first-order valence-corrected chi connectivity index (χ1v) is 5.24. The van der Waals surface area contributed by atoms with Crippen molar-refractivity contribution >= 4 is 0 Å². The van der Waals surface area contributed by atoms with Crippen LogP contribution >= 0.6 is 0 Å². The van der Waals surface area contributed by atoms with Crippen LogP contribution in [0.4, 0.5) is 4.39 Å². The van der Waals surface area contributed by atoms with Crippen LogP contribution in [-0.2, 0) is 6.54 Å². The van der Waals surface area contributed by atoms with E-state index in [0.717, 1.165) is 18.4 Å². The first kappa shape index (κ1) is 10.5. The lowest BCUT2D eigenvalue weighted by molar-refractivity contribution is 0.148. The summed E-state index contributed by atoms with van der Waals surface area (Å²) >= 11 is 0. The van der Waals surface area contributed by atoms with E-state index in [0.29, 0.717) is 19.0 Å². The average molecular weight is 210 g/mol. The number of aliphatic hydroxyl groups excluding tert-OH is 1. The zero-order chi connectivity index (χ0) is 10.7. The first-order valence-electron chi connectivity index (χ1n) is 5.24. The van der Waals surface area contributed by atoms with E-state index in [2.05, 4.69) is 10.3 Å². The Bertz CT molecular complexity index is 328. The number of pyridine rings is 1. The summed E-state index contributed by atoms with van der Waals surface area (Å²) in [5.74, 6) is 0.153. The Labute approximate surface area is 88.3 Å². The van der Waals surface area contributed by atoms with E-state index in [1.165, 1.54) is 12.3 Å². The molecule has 1 unspecified atom stereocenters. The molecule has 1 saturated carbocycles. The summed E-state index contributed by atoms with van der Waals surface area (Å²) in [4.78, 5) is 3.75. The van der Waals surface area contributed by atoms with E-state index in [4.69, 9.17) is 0 Å². The Morgan fingerprint density at radius 3 is 3.00 bits per heavy atom. The molecule has 0 amide bonds. The molecule has 2 N–H and O–H groups in total. The van der Waals surface area contributed by atoms with Gasteiger partial charge in [-0.1, -0.05) is 0 Å². The van der Waals surface area contributed by atoms with Crippen molar-refractivity contribution < 1.29 is 9.50 Å². The van der Waals surface area contributed by atoms with Crippen molar-refractivity contribution in [3.8, 4) is 0 Å². The molecule has 82 valence electrons. The van der Waals surface area contributed by atoms with Gasteiger partial charge in [0.05, 0.1) is 12.3 Å². The number of nitrogens with zero attached hydrogens (tertiary/aromatic N) is 1. The van der Waals surface area contributed by atoms with Crippen LogP contribution in [0.1, 0.15) is 18.4 Å². The Hall–Kier alpha value is -1.00. The van der Waals surface area contributed by atoms with Crippen LogP contribution in [0.25, 0.3) is 0 Å². The second-order valence-electron chi connectivity index (χ2n) is 4.05. The molecule has 1 heterocycles. The van der Waals surface area contributed by atoms with Crippen LogP contribution in [0.5, 0.6) is 0 Å². The van der Waals surface area contributed by atoms with Crippen LogP contribution in [0, 0.1) is 11.7 Å². The first-order chi connectivity index (χ1) is 7.25. The molecule has 2 rings (SSSR count). The van der Waals surface area contributed by atoms with Gasteiger partial charge in [-0.15, -0.1) is 0 Å². The maximum absolute atomic E-state index is 12.8. The third kappa shape index (κ3) is 3.25. The molecule has 0 bridgehead atoms. The highest BCUT2D eigenvalue weighted by Gasteiger charge is 2.28. The van der Waals surface area contributed by atoms with Crippen LogP contribution in [0.3, 0.4) is 0 Å². The summed E-state index contributed by atoms with van der Waals surface area (Å²) in [5, 5.41) is 12.7. The van der Waals surface area contributed by atoms with Crippen molar-refractivity contribution in [2.24, 2.45) is 5.92 Å². The van der Waals surface area contributed by atoms with E-state index in [1.54, 1.807) is 6.20 Å². The normalized spacial score (nSPS) is 17.7. The molecule has 0 saturated heterocycles. The Balaban J connectivity index is 1.73. The summed E-state index contributed by atoms with van der Waals surface area (Å²) in [6, 6.07) is 1.45. The van der Waals surface area contributed by atoms with Gasteiger partial charge in [0, 0.05) is 19.3 Å². The van der Waals surface area contributed by atoms with Gasteiger partial charge in [-0.3, -0.25) is 4.98 Å². The lowest BCUT2D eigenvalue weighted by Gasteiger charge is -2.10. The van der Waals surface area contributed by atoms with Crippen molar-refractivity contribution in [2.75, 3.05) is 6.54 Å². The van der Waals surface area contributed by atoms with Gasteiger partial charge >= 0.3 is 0 Å². The summed E-state index contributed by atoms with van der Waals surface area (Å²) in [5.41, 5.74) is 0.804. The van der Waals surface area contributed by atoms with Crippen LogP contribution in [0.15, 0.2) is 18.5 Å². The number of hydrogen-bond acceptors (Lipinski definition) is 3. The molecule has 1 aromatic heterocycles. The SMILES string of the molecule is OC(CNCc1cncc(F)c1)C1CC1. The van der Waals surface area contributed by atoms with Crippen molar-refractivity contribution in [3.63, 3.8) is 0 Å². The Morgan fingerprint density at radius 2 is 2.33 bits per heavy atom. The molecule has 3 nitrogen and oxygen atoms in total. The van der Waals surface area contributed by atoms with E-state index < -0.39 is 0 Å². The molecular formula is C11H15FN2O. The predicted molar refractivity (Wildman–Crippen MR) is 54.6 cm³/mol. The zero-order valence-corrected chi connectivity index (χ0v) is 8.49. The summed E-state index contributed by atoms with van der Waals surface area (Å²) in [6.07, 6.45) is 4.81. The molecule has 15 heavy (non-hydrogen) atoms. The second-order valence-corrected chi connectivity index (χ2v) is 4.05. The minimum Gasteiger partial charge on any atom is -0.392 e. The van der Waals surface area contributed by atoms with Crippen LogP contribution < -0.4 is 5.32 Å². The second kappa shape index (κ2) is 4.68. The van der Waals surface area contributed by atoms with Gasteiger partial charge in [0.2, 0.25) is 0 Å². The highest BCUT2D eigenvalue weighted by atomic mass is 19.1. The molecule has 0 radical (unpaired) electrons. The molecule has 1 fully saturated rings. The monoisotopic (exact) mass is 210 g/mol. The van der Waals surface area contributed by atoms with Crippen LogP contribution in [-0.4, -0.2) is 22.7 Å². The third-order valence-electron chi connectivity index (χ3n) is 2.61. The van der Waals surface area contributed by atoms with Gasteiger partial charge in [0.15, 0.2) is 0 Å². The Morgan fingerprint density at radius 1 is 1.53 bits per heavy atom. The summed E-state index contributed by atoms with van der Waals surface area (Å²) < 4.78 is 12.8. The number of hydrogen-bond donors (Lipinski definition) is 2. The molecular weight excluding hydrogens is 195 g/mol. The summed E-state index contributed by atoms with van der Waals surface area (Å²) in [7, 11) is 0. The molecule has 1 aliphatic rings. The van der Waals surface area contributed by atoms with Gasteiger partial charge in [-0.05, 0) is 30.4 Å². The number of aliphatic hydroxyl groups is 1. The van der Waals surface area contributed by atoms with Crippen molar-refractivity contribution in [3.05, 3.63) is 29.8 Å². The quantitative estimate of drug-likeness (QED) is 0.764. The molecule has 1 atom stereocenters. The molecule has 1 aliphatic carbocycles. The number of rotatable bonds is 5. The lowest BCUT2D eigenvalue weighted by atomic mass is 10.2. The van der Waals surface area contributed by atoms with E-state index in [-0.39, 0.29) is 11.9 Å². The molecule has 0 aromatic carbocycles. The number of halogens is 1. The minimum absolute atomic E-state index is 0.258. The van der Waals surface area contributed by atoms with Gasteiger partial charge in [0.1, 0.15) is 5.82 Å². The standard InChI is InChI=1S/C11H15FN2O/c12-10-3-8(4-13-6-10)5-14-7-11(15)9-1-2-9/h3-4,6,9,11,14-15H,1-2,5,7H2. The van der Waals surface area contributed by atoms with Gasteiger partial charge in [-0.25, -0.2) is 4.39 Å². The average Bonchev–Trinajstić information content (AvgIpc) is 3.00. The smallest absolute Gasteiger partial charge is 0.141 e. The molecule has 0 aliphatic heterocycles. The van der Waals surface area contributed by atoms with Gasteiger partial charge < -0.3 is 10.4 Å². The molecule has 1 aromatic rings. The fourth-order valence-electron chi connectivity index (χ4n) is 1.56. The van der Waals surface area contributed by atoms with E-state index in [1.807, 2.05) is 0 Å². The van der Waals surface area contributed by atoms with Crippen molar-refractivity contribution in [1.82, 2.24) is 10.3 Å². The van der Waals surface area contributed by atoms with E-state index in [9.17, 15) is 9.50 Å². The van der Waals surface area contributed by atoms with Crippen molar-refractivity contribution in [1.29, 1.82) is 0 Å². The van der Waals surface area contributed by atoms with Crippen molar-refractivity contribution in [2.45, 2.75) is 25.5 Å². The van der Waals surface area contributed by atoms with E-state index >= 15 is 0 Å². The number of nitrogens with one attached hydrogen (secondary N) is 1.